The molecule has 272 valence electrons. The van der Waals surface area contributed by atoms with Crippen LogP contribution in [0.2, 0.25) is 0 Å². The molecule has 0 saturated heterocycles. The summed E-state index contributed by atoms with van der Waals surface area (Å²) < 4.78 is 53.0. The Morgan fingerprint density at radius 1 is 0.784 bits per heavy atom. The van der Waals surface area contributed by atoms with Crippen molar-refractivity contribution in [3.8, 4) is 23.0 Å². The molecule has 1 unspecified atom stereocenters. The van der Waals surface area contributed by atoms with Gasteiger partial charge in [0.25, 0.3) is 10.0 Å². The van der Waals surface area contributed by atoms with Crippen LogP contribution in [0.15, 0.2) is 100 Å². The summed E-state index contributed by atoms with van der Waals surface area (Å²) in [5.74, 6) is 0.0898. The largest absolute Gasteiger partial charge is 0.497 e. The molecule has 0 aromatic heterocycles. The molecule has 0 spiro atoms. The minimum Gasteiger partial charge on any atom is -0.497 e. The van der Waals surface area contributed by atoms with Crippen LogP contribution in [0, 0.1) is 0 Å². The lowest BCUT2D eigenvalue weighted by molar-refractivity contribution is -0.140. The number of anilines is 1. The number of rotatable bonds is 18. The average molecular weight is 783 g/mol. The first-order valence-electron chi connectivity index (χ1n) is 16.4. The van der Waals surface area contributed by atoms with E-state index in [1.165, 1.54) is 57.6 Å². The highest BCUT2D eigenvalue weighted by Gasteiger charge is 2.36. The number of carbonyl (C=O) groups is 2. The summed E-state index contributed by atoms with van der Waals surface area (Å²) in [4.78, 5) is 30.1. The van der Waals surface area contributed by atoms with E-state index in [1.807, 2.05) is 61.5 Å². The second-order valence-corrected chi connectivity index (χ2v) is 14.3. The molecule has 51 heavy (non-hydrogen) atoms. The van der Waals surface area contributed by atoms with Gasteiger partial charge in [-0.15, -0.1) is 0 Å². The van der Waals surface area contributed by atoms with Gasteiger partial charge in [0.15, 0.2) is 11.5 Å². The van der Waals surface area contributed by atoms with Crippen molar-refractivity contribution in [1.82, 2.24) is 10.2 Å². The predicted molar refractivity (Wildman–Crippen MR) is 200 cm³/mol. The van der Waals surface area contributed by atoms with Crippen molar-refractivity contribution in [2.45, 2.75) is 43.7 Å². The number of hydrogen-bond donors (Lipinski definition) is 1. The molecule has 0 aliphatic carbocycles. The van der Waals surface area contributed by atoms with Gasteiger partial charge >= 0.3 is 0 Å². The SMILES string of the molecule is CCCCNC(=O)C(Cc1ccccc1)N(Cc1ccc(Br)cc1)C(=O)CN(c1cc(OC)ccc1OC)S(=O)(=O)c1ccc(OC)c(OC)c1. The lowest BCUT2D eigenvalue weighted by Crippen LogP contribution is -2.53. The van der Waals surface area contributed by atoms with Crippen LogP contribution in [0.3, 0.4) is 0 Å². The Hall–Kier alpha value is -4.75. The monoisotopic (exact) mass is 781 g/mol. The Labute approximate surface area is 308 Å². The number of carbonyl (C=O) groups excluding carboxylic acids is 2. The van der Waals surface area contributed by atoms with Crippen molar-refractivity contribution in [2.24, 2.45) is 0 Å². The Morgan fingerprint density at radius 3 is 2.08 bits per heavy atom. The first-order valence-corrected chi connectivity index (χ1v) is 18.6. The number of unbranched alkanes of at least 4 members (excludes halogenated alkanes) is 1. The van der Waals surface area contributed by atoms with Gasteiger partial charge in [-0.3, -0.25) is 13.9 Å². The molecule has 1 N–H and O–H groups in total. The average Bonchev–Trinajstić information content (AvgIpc) is 3.15. The molecule has 0 fully saturated rings. The summed E-state index contributed by atoms with van der Waals surface area (Å²) in [5.41, 5.74) is 1.65. The van der Waals surface area contributed by atoms with Gasteiger partial charge in [0.1, 0.15) is 24.1 Å². The molecule has 4 aromatic carbocycles. The molecule has 0 aliphatic heterocycles. The molecule has 13 heteroatoms. The van der Waals surface area contributed by atoms with E-state index in [0.717, 1.165) is 32.7 Å². The summed E-state index contributed by atoms with van der Waals surface area (Å²) in [7, 11) is 1.22. The first-order chi connectivity index (χ1) is 24.6. The quantitative estimate of drug-likeness (QED) is 0.118. The number of halogens is 1. The highest BCUT2D eigenvalue weighted by Crippen LogP contribution is 2.38. The molecule has 0 radical (unpaired) electrons. The zero-order chi connectivity index (χ0) is 37.0. The topological polar surface area (TPSA) is 124 Å². The molecular weight excluding hydrogens is 738 g/mol. The second-order valence-electron chi connectivity index (χ2n) is 11.6. The molecular formula is C38H44BrN3O8S. The molecule has 4 rings (SSSR count). The van der Waals surface area contributed by atoms with Crippen LogP contribution >= 0.6 is 15.9 Å². The van der Waals surface area contributed by atoms with E-state index in [0.29, 0.717) is 18.0 Å². The number of benzene rings is 4. The maximum absolute atomic E-state index is 14.8. The normalized spacial score (nSPS) is 11.6. The molecule has 2 amide bonds. The van der Waals surface area contributed by atoms with E-state index in [2.05, 4.69) is 21.2 Å². The van der Waals surface area contributed by atoms with Crippen LogP contribution in [-0.2, 0) is 32.6 Å². The Bertz CT molecular complexity index is 1870. The lowest BCUT2D eigenvalue weighted by Gasteiger charge is -2.34. The summed E-state index contributed by atoms with van der Waals surface area (Å²) in [6.07, 6.45) is 1.83. The van der Waals surface area contributed by atoms with E-state index < -0.39 is 28.5 Å². The van der Waals surface area contributed by atoms with Gasteiger partial charge in [-0.25, -0.2) is 8.42 Å². The van der Waals surface area contributed by atoms with Crippen LogP contribution in [0.25, 0.3) is 0 Å². The third-order valence-electron chi connectivity index (χ3n) is 8.24. The van der Waals surface area contributed by atoms with Gasteiger partial charge in [-0.1, -0.05) is 71.7 Å². The zero-order valence-electron chi connectivity index (χ0n) is 29.4. The minimum absolute atomic E-state index is 0.0320. The van der Waals surface area contributed by atoms with Crippen molar-refractivity contribution in [2.75, 3.05) is 45.8 Å². The van der Waals surface area contributed by atoms with E-state index in [9.17, 15) is 18.0 Å². The third kappa shape index (κ3) is 9.95. The van der Waals surface area contributed by atoms with Crippen molar-refractivity contribution < 1.29 is 37.0 Å². The highest BCUT2D eigenvalue weighted by atomic mass is 79.9. The summed E-state index contributed by atoms with van der Waals surface area (Å²) >= 11 is 3.46. The number of nitrogens with one attached hydrogen (secondary N) is 1. The van der Waals surface area contributed by atoms with Crippen LogP contribution in [-0.4, -0.2) is 72.7 Å². The number of methoxy groups -OCH3 is 4. The summed E-state index contributed by atoms with van der Waals surface area (Å²) in [5, 5.41) is 3.00. The smallest absolute Gasteiger partial charge is 0.265 e. The Morgan fingerprint density at radius 2 is 1.45 bits per heavy atom. The summed E-state index contributed by atoms with van der Waals surface area (Å²) in [6, 6.07) is 24.7. The molecule has 0 heterocycles. The van der Waals surface area contributed by atoms with E-state index in [4.69, 9.17) is 18.9 Å². The molecule has 0 saturated carbocycles. The van der Waals surface area contributed by atoms with Crippen molar-refractivity contribution in [3.05, 3.63) is 107 Å². The van der Waals surface area contributed by atoms with E-state index in [1.54, 1.807) is 12.1 Å². The number of amides is 2. The molecule has 0 bridgehead atoms. The van der Waals surface area contributed by atoms with Crippen LogP contribution in [0.1, 0.15) is 30.9 Å². The maximum Gasteiger partial charge on any atom is 0.265 e. The fourth-order valence-electron chi connectivity index (χ4n) is 5.46. The fourth-order valence-corrected chi connectivity index (χ4v) is 7.15. The predicted octanol–water partition coefficient (Wildman–Crippen LogP) is 6.24. The number of ether oxygens (including phenoxy) is 4. The number of sulfonamides is 1. The molecule has 0 aliphatic rings. The van der Waals surface area contributed by atoms with Crippen molar-refractivity contribution >= 4 is 43.5 Å². The van der Waals surface area contributed by atoms with Crippen molar-refractivity contribution in [3.63, 3.8) is 0 Å². The van der Waals surface area contributed by atoms with E-state index >= 15 is 0 Å². The number of nitrogens with zero attached hydrogens (tertiary/aromatic N) is 2. The van der Waals surface area contributed by atoms with Crippen LogP contribution in [0.4, 0.5) is 5.69 Å². The Balaban J connectivity index is 1.88. The van der Waals surface area contributed by atoms with Crippen LogP contribution < -0.4 is 28.6 Å². The van der Waals surface area contributed by atoms with Gasteiger partial charge in [0.05, 0.1) is 39.0 Å². The van der Waals surface area contributed by atoms with E-state index in [-0.39, 0.29) is 41.0 Å². The molecule has 11 nitrogen and oxygen atoms in total. The van der Waals surface area contributed by atoms with Gasteiger partial charge in [0.2, 0.25) is 11.8 Å². The number of hydrogen-bond acceptors (Lipinski definition) is 8. The Kier molecular flexibility index (Phi) is 14.1. The van der Waals surface area contributed by atoms with Gasteiger partial charge in [-0.2, -0.15) is 0 Å². The third-order valence-corrected chi connectivity index (χ3v) is 10.5. The molecule has 4 aromatic rings. The minimum atomic E-state index is -4.49. The van der Waals surface area contributed by atoms with Gasteiger partial charge in [-0.05, 0) is 53.9 Å². The highest BCUT2D eigenvalue weighted by molar-refractivity contribution is 9.10. The standard InChI is InChI=1S/C38H44BrN3O8S/c1-6-7-21-40-38(44)33(22-27-11-9-8-10-12-27)41(25-28-13-15-29(39)16-14-28)37(43)26-42(32-23-30(47-2)17-19-34(32)48-3)51(45,46)31-18-20-35(49-4)36(24-31)50-5/h8-20,23-24,33H,6-7,21-22,25-26H2,1-5H3,(H,40,44). The van der Waals surface area contributed by atoms with Crippen LogP contribution in [0.5, 0.6) is 23.0 Å². The van der Waals surface area contributed by atoms with Gasteiger partial charge in [0, 0.05) is 36.1 Å². The maximum atomic E-state index is 14.8. The van der Waals surface area contributed by atoms with Gasteiger partial charge < -0.3 is 29.2 Å². The lowest BCUT2D eigenvalue weighted by atomic mass is 10.0. The fraction of sp³-hybridized carbons (Fsp3) is 0.316. The summed E-state index contributed by atoms with van der Waals surface area (Å²) in [6.45, 7) is 1.81. The van der Waals surface area contributed by atoms with Crippen molar-refractivity contribution in [1.29, 1.82) is 0 Å². The first kappa shape index (κ1) is 39.0. The molecule has 1 atom stereocenters. The zero-order valence-corrected chi connectivity index (χ0v) is 31.8. The second kappa shape index (κ2) is 18.5.